The standard InChI is InChI=1S/C12H8BrF4N3/c13-10-11(18-8-4-3-7(14)5-20(8)10)19-9(6-1-2-6)12(15,16)17/h3-5,19H,1-2H2. The largest absolute Gasteiger partial charge is 0.431 e. The van der Waals surface area contributed by atoms with Crippen LogP contribution >= 0.6 is 15.9 Å². The van der Waals surface area contributed by atoms with Crippen LogP contribution in [0.4, 0.5) is 23.4 Å². The van der Waals surface area contributed by atoms with E-state index in [9.17, 15) is 17.6 Å². The quantitative estimate of drug-likeness (QED) is 0.821. The van der Waals surface area contributed by atoms with Crippen molar-refractivity contribution in [3.8, 4) is 0 Å². The summed E-state index contributed by atoms with van der Waals surface area (Å²) in [6.45, 7) is 0. The average Bonchev–Trinajstić information content (AvgIpc) is 3.13. The monoisotopic (exact) mass is 349 g/mol. The summed E-state index contributed by atoms with van der Waals surface area (Å²) in [5.41, 5.74) is -0.0992. The van der Waals surface area contributed by atoms with Gasteiger partial charge in [-0.05, 0) is 46.5 Å². The van der Waals surface area contributed by atoms with Crippen LogP contribution in [0.5, 0.6) is 0 Å². The fraction of sp³-hybridized carbons (Fsp3) is 0.250. The number of nitrogens with zero attached hydrogens (tertiary/aromatic N) is 2. The van der Waals surface area contributed by atoms with Gasteiger partial charge in [0.15, 0.2) is 5.82 Å². The van der Waals surface area contributed by atoms with E-state index in [2.05, 4.69) is 26.2 Å². The van der Waals surface area contributed by atoms with Gasteiger partial charge in [-0.15, -0.1) is 0 Å². The lowest BCUT2D eigenvalue weighted by Crippen LogP contribution is -2.19. The molecule has 0 aromatic carbocycles. The lowest BCUT2D eigenvalue weighted by atomic mass is 10.3. The Bertz CT molecular complexity index is 711. The van der Waals surface area contributed by atoms with Crippen LogP contribution < -0.4 is 5.32 Å². The Morgan fingerprint density at radius 3 is 2.60 bits per heavy atom. The van der Waals surface area contributed by atoms with Gasteiger partial charge in [-0.1, -0.05) is 0 Å². The first kappa shape index (κ1) is 13.4. The highest BCUT2D eigenvalue weighted by Gasteiger charge is 2.40. The summed E-state index contributed by atoms with van der Waals surface area (Å²) < 4.78 is 53.5. The minimum Gasteiger partial charge on any atom is -0.334 e. The smallest absolute Gasteiger partial charge is 0.334 e. The van der Waals surface area contributed by atoms with Crippen molar-refractivity contribution in [2.24, 2.45) is 0 Å². The number of alkyl halides is 3. The van der Waals surface area contributed by atoms with E-state index in [1.165, 1.54) is 16.5 Å². The number of allylic oxidation sites excluding steroid dienone is 2. The maximum atomic E-state index is 13.1. The van der Waals surface area contributed by atoms with Gasteiger partial charge in [0.2, 0.25) is 0 Å². The van der Waals surface area contributed by atoms with Gasteiger partial charge in [-0.3, -0.25) is 4.40 Å². The number of nitrogens with one attached hydrogen (secondary N) is 1. The molecule has 3 rings (SSSR count). The first-order valence-electron chi connectivity index (χ1n) is 5.75. The summed E-state index contributed by atoms with van der Waals surface area (Å²) in [6.07, 6.45) is -2.44. The molecule has 0 bridgehead atoms. The second-order valence-corrected chi connectivity index (χ2v) is 5.18. The van der Waals surface area contributed by atoms with E-state index >= 15 is 0 Å². The van der Waals surface area contributed by atoms with E-state index in [1.54, 1.807) is 0 Å². The molecule has 0 amide bonds. The van der Waals surface area contributed by atoms with E-state index in [4.69, 9.17) is 0 Å². The summed E-state index contributed by atoms with van der Waals surface area (Å²) in [4.78, 5) is 4.02. The van der Waals surface area contributed by atoms with Crippen LogP contribution in [-0.4, -0.2) is 15.6 Å². The molecular formula is C12H8BrF4N3. The number of rotatable bonds is 2. The molecule has 3 nitrogen and oxygen atoms in total. The van der Waals surface area contributed by atoms with Crippen molar-refractivity contribution >= 4 is 27.4 Å². The first-order valence-corrected chi connectivity index (χ1v) is 6.55. The van der Waals surface area contributed by atoms with Gasteiger partial charge in [0, 0.05) is 6.20 Å². The number of halogens is 5. The molecule has 0 radical (unpaired) electrons. The summed E-state index contributed by atoms with van der Waals surface area (Å²) in [7, 11) is 0. The number of anilines is 1. The normalized spacial score (nSPS) is 14.8. The Kier molecular flexibility index (Phi) is 3.00. The van der Waals surface area contributed by atoms with Crippen molar-refractivity contribution in [3.63, 3.8) is 0 Å². The van der Waals surface area contributed by atoms with Gasteiger partial charge in [-0.25, -0.2) is 9.37 Å². The Hall–Kier alpha value is -1.57. The number of imidazole rings is 1. The van der Waals surface area contributed by atoms with E-state index in [1.807, 2.05) is 0 Å². The second kappa shape index (κ2) is 4.47. The lowest BCUT2D eigenvalue weighted by molar-refractivity contribution is -0.0906. The zero-order valence-corrected chi connectivity index (χ0v) is 11.5. The highest BCUT2D eigenvalue weighted by atomic mass is 79.9. The number of hydrogen-bond acceptors (Lipinski definition) is 2. The van der Waals surface area contributed by atoms with Crippen molar-refractivity contribution < 1.29 is 17.6 Å². The zero-order valence-electron chi connectivity index (χ0n) is 9.93. The molecule has 0 aliphatic heterocycles. The fourth-order valence-electron chi connectivity index (χ4n) is 1.86. The number of hydrogen-bond donors (Lipinski definition) is 1. The molecule has 1 saturated carbocycles. The molecule has 2 heterocycles. The van der Waals surface area contributed by atoms with E-state index in [0.717, 1.165) is 6.20 Å². The minimum atomic E-state index is -4.45. The average molecular weight is 350 g/mol. The van der Waals surface area contributed by atoms with Gasteiger partial charge < -0.3 is 5.32 Å². The predicted octanol–water partition coefficient (Wildman–Crippen LogP) is 4.26. The summed E-state index contributed by atoms with van der Waals surface area (Å²) >= 11 is 3.13. The predicted molar refractivity (Wildman–Crippen MR) is 68.8 cm³/mol. The van der Waals surface area contributed by atoms with Crippen molar-refractivity contribution in [1.82, 2.24) is 9.38 Å². The maximum Gasteiger partial charge on any atom is 0.431 e. The molecule has 1 fully saturated rings. The molecule has 0 unspecified atom stereocenters. The van der Waals surface area contributed by atoms with Gasteiger partial charge in [0.05, 0.1) is 0 Å². The van der Waals surface area contributed by atoms with Crippen LogP contribution in [0.1, 0.15) is 12.8 Å². The molecule has 0 spiro atoms. The topological polar surface area (TPSA) is 29.3 Å². The van der Waals surface area contributed by atoms with E-state index < -0.39 is 17.7 Å². The van der Waals surface area contributed by atoms with Crippen LogP contribution in [0.2, 0.25) is 0 Å². The zero-order chi connectivity index (χ0) is 14.5. The molecule has 106 valence electrons. The molecular weight excluding hydrogens is 342 g/mol. The Labute approximate surface area is 119 Å². The third kappa shape index (κ3) is 2.39. The molecule has 2 aromatic heterocycles. The summed E-state index contributed by atoms with van der Waals surface area (Å²) in [5.74, 6) is -0.485. The summed E-state index contributed by atoms with van der Waals surface area (Å²) in [6, 6.07) is 2.59. The van der Waals surface area contributed by atoms with Gasteiger partial charge in [0.25, 0.3) is 0 Å². The van der Waals surface area contributed by atoms with Crippen molar-refractivity contribution in [3.05, 3.63) is 40.0 Å². The van der Waals surface area contributed by atoms with Crippen LogP contribution in [-0.2, 0) is 0 Å². The highest BCUT2D eigenvalue weighted by molar-refractivity contribution is 9.10. The second-order valence-electron chi connectivity index (χ2n) is 4.43. The molecule has 1 aliphatic carbocycles. The molecule has 0 saturated heterocycles. The first-order chi connectivity index (χ1) is 9.36. The Morgan fingerprint density at radius 1 is 1.30 bits per heavy atom. The van der Waals surface area contributed by atoms with Crippen molar-refractivity contribution in [2.45, 2.75) is 19.0 Å². The number of pyridine rings is 1. The minimum absolute atomic E-state index is 0.0160. The maximum absolute atomic E-state index is 13.1. The van der Waals surface area contributed by atoms with Crippen LogP contribution in [0.15, 0.2) is 34.2 Å². The van der Waals surface area contributed by atoms with E-state index in [-0.39, 0.29) is 10.4 Å². The van der Waals surface area contributed by atoms with Crippen LogP contribution in [0, 0.1) is 5.82 Å². The SMILES string of the molecule is Fc1ccc2nc(NC(=C3CC3)C(F)(F)F)c(Br)n2c1. The van der Waals surface area contributed by atoms with Gasteiger partial charge in [0.1, 0.15) is 21.8 Å². The molecule has 20 heavy (non-hydrogen) atoms. The third-order valence-electron chi connectivity index (χ3n) is 2.90. The number of aromatic nitrogens is 2. The molecule has 2 aromatic rings. The van der Waals surface area contributed by atoms with Gasteiger partial charge in [-0.2, -0.15) is 13.2 Å². The van der Waals surface area contributed by atoms with Crippen molar-refractivity contribution in [1.29, 1.82) is 0 Å². The highest BCUT2D eigenvalue weighted by Crippen LogP contribution is 2.40. The van der Waals surface area contributed by atoms with Gasteiger partial charge >= 0.3 is 6.18 Å². The molecule has 0 atom stereocenters. The van der Waals surface area contributed by atoms with Crippen LogP contribution in [0.3, 0.4) is 0 Å². The lowest BCUT2D eigenvalue weighted by Gasteiger charge is -2.12. The Balaban J connectivity index is 2.03. The van der Waals surface area contributed by atoms with Crippen molar-refractivity contribution in [2.75, 3.05) is 5.32 Å². The fourth-order valence-corrected chi connectivity index (χ4v) is 2.33. The number of fused-ring (bicyclic) bond motifs is 1. The summed E-state index contributed by atoms with van der Waals surface area (Å²) in [5, 5.41) is 2.31. The van der Waals surface area contributed by atoms with Crippen LogP contribution in [0.25, 0.3) is 5.65 Å². The van der Waals surface area contributed by atoms with E-state index in [0.29, 0.717) is 24.1 Å². The third-order valence-corrected chi connectivity index (χ3v) is 3.66. The molecule has 1 N–H and O–H groups in total. The molecule has 8 heteroatoms. The molecule has 1 aliphatic rings. The Morgan fingerprint density at radius 2 is 2.00 bits per heavy atom.